The van der Waals surface area contributed by atoms with E-state index < -0.39 is 0 Å². The van der Waals surface area contributed by atoms with E-state index in [1.54, 1.807) is 0 Å². The van der Waals surface area contributed by atoms with Crippen molar-refractivity contribution in [3.63, 3.8) is 0 Å². The number of aromatic nitrogens is 4. The van der Waals surface area contributed by atoms with E-state index in [2.05, 4.69) is 288 Å². The average molecular weight is 1130 g/mol. The Hall–Kier alpha value is -5.90. The van der Waals surface area contributed by atoms with Crippen LogP contribution in [0.4, 0.5) is 0 Å². The standard InChI is InChI=1S/C76H92N4.Zn/c1-69(2,3)49-33-45(34-50(41-49)70(4,5)6)65-57-25-27-59(77-57)66(46-35-51(71(7,8)9)42-52(36-46)72(10,11)12)61-29-31-63(79-61)68(48-39-55(75(19,20)21)44-56(40-48)76(22,23)24)64-32-30-62(80-64)67(60-28-26-58(65)78-60)47-37-53(73(13,14)15)43-54(38-47)74(16,17)18;/h25-44H,1-24H3;/q-2;. The molecule has 0 fully saturated rings. The fourth-order valence-corrected chi connectivity index (χ4v) is 10.8. The molecule has 0 spiro atoms. The van der Waals surface area contributed by atoms with Crippen LogP contribution in [0, 0.1) is 0 Å². The first kappa shape index (κ1) is 61.2. The van der Waals surface area contributed by atoms with E-state index in [0.717, 1.165) is 89.4 Å². The second-order valence-corrected chi connectivity index (χ2v) is 31.6. The van der Waals surface area contributed by atoms with Crippen molar-refractivity contribution in [3.05, 3.63) is 164 Å². The van der Waals surface area contributed by atoms with Crippen molar-refractivity contribution < 1.29 is 19.5 Å². The first-order valence-electron chi connectivity index (χ1n) is 29.4. The van der Waals surface area contributed by atoms with E-state index in [0.29, 0.717) is 0 Å². The molecule has 2 aliphatic heterocycles. The minimum atomic E-state index is -0.113. The predicted molar refractivity (Wildman–Crippen MR) is 348 cm³/mol. The van der Waals surface area contributed by atoms with Gasteiger partial charge in [-0.1, -0.05) is 263 Å². The van der Waals surface area contributed by atoms with Crippen molar-refractivity contribution in [2.24, 2.45) is 0 Å². The Bertz CT molecular complexity index is 3200. The normalized spacial score (nSPS) is 13.7. The zero-order chi connectivity index (χ0) is 58.8. The van der Waals surface area contributed by atoms with Crippen molar-refractivity contribution in [2.45, 2.75) is 209 Å². The molecule has 5 heterocycles. The fourth-order valence-electron chi connectivity index (χ4n) is 10.8. The van der Waals surface area contributed by atoms with Crippen LogP contribution in [0.1, 0.15) is 233 Å². The predicted octanol–water partition coefficient (Wildman–Crippen LogP) is 21.0. The third-order valence-corrected chi connectivity index (χ3v) is 16.4. The van der Waals surface area contributed by atoms with Crippen LogP contribution in [0.5, 0.6) is 0 Å². The van der Waals surface area contributed by atoms with Gasteiger partial charge in [-0.05, 0) is 157 Å². The van der Waals surface area contributed by atoms with Gasteiger partial charge in [0.15, 0.2) is 0 Å². The van der Waals surface area contributed by atoms with Gasteiger partial charge in [-0.3, -0.25) is 0 Å². The molecule has 81 heavy (non-hydrogen) atoms. The van der Waals surface area contributed by atoms with Crippen LogP contribution in [0.3, 0.4) is 0 Å². The fraction of sp³-hybridized carbons (Fsp3) is 0.421. The summed E-state index contributed by atoms with van der Waals surface area (Å²) in [5.74, 6) is 0. The van der Waals surface area contributed by atoms with Gasteiger partial charge in [0, 0.05) is 19.5 Å². The van der Waals surface area contributed by atoms with E-state index >= 15 is 0 Å². The summed E-state index contributed by atoms with van der Waals surface area (Å²) in [6.07, 6.45) is 8.89. The SMILES string of the molecule is CC(C)(C)c1cc(-c2c3nc(c(-c4cc(C(C)(C)C)cc(C(C)(C)C)c4)c4ccc([n-]4)c(-c4cc(C(C)(C)C)cc(C(C)(C)C)c4)c4nc(c(-c5cc(C(C)(C)C)cc(C(C)(C)C)c5)c5ccc2[n-]5)C=C4)C=C3)cc(C(C)(C)C)c1.[Zn]. The van der Waals surface area contributed by atoms with Crippen LogP contribution >= 0.6 is 0 Å². The molecule has 0 amide bonds. The van der Waals surface area contributed by atoms with E-state index in [4.69, 9.17) is 19.9 Å². The summed E-state index contributed by atoms with van der Waals surface area (Å²) in [7, 11) is 0. The first-order chi connectivity index (χ1) is 36.6. The minimum absolute atomic E-state index is 0. The quantitative estimate of drug-likeness (QED) is 0.165. The molecular weight excluding hydrogens is 1030 g/mol. The Kier molecular flexibility index (Phi) is 15.7. The van der Waals surface area contributed by atoms with Gasteiger partial charge < -0.3 is 9.97 Å². The molecule has 2 aliphatic rings. The zero-order valence-electron chi connectivity index (χ0n) is 54.0. The Morgan fingerprint density at radius 3 is 0.519 bits per heavy atom. The van der Waals surface area contributed by atoms with Crippen LogP contribution in [0.15, 0.2) is 97.1 Å². The molecule has 9 rings (SSSR count). The molecule has 0 radical (unpaired) electrons. The van der Waals surface area contributed by atoms with Crippen molar-refractivity contribution in [3.8, 4) is 44.5 Å². The van der Waals surface area contributed by atoms with Crippen LogP contribution in [-0.4, -0.2) is 9.97 Å². The van der Waals surface area contributed by atoms with Crippen molar-refractivity contribution in [1.29, 1.82) is 0 Å². The molecule has 0 N–H and O–H groups in total. The number of fused-ring (bicyclic) bond motifs is 8. The molecule has 4 aromatic carbocycles. The molecule has 3 aromatic heterocycles. The third-order valence-electron chi connectivity index (χ3n) is 16.4. The Morgan fingerprint density at radius 2 is 0.383 bits per heavy atom. The molecule has 7 aromatic rings. The van der Waals surface area contributed by atoms with Crippen molar-refractivity contribution in [2.75, 3.05) is 0 Å². The van der Waals surface area contributed by atoms with Gasteiger partial charge in [0.05, 0.1) is 22.8 Å². The molecule has 0 unspecified atom stereocenters. The maximum atomic E-state index is 5.83. The van der Waals surface area contributed by atoms with E-state index in [1.165, 1.54) is 44.5 Å². The zero-order valence-corrected chi connectivity index (χ0v) is 57.0. The van der Waals surface area contributed by atoms with Crippen LogP contribution in [-0.2, 0) is 62.8 Å². The van der Waals surface area contributed by atoms with Crippen LogP contribution < -0.4 is 9.97 Å². The van der Waals surface area contributed by atoms with Gasteiger partial charge in [0.1, 0.15) is 0 Å². The maximum absolute atomic E-state index is 5.83. The van der Waals surface area contributed by atoms with Gasteiger partial charge in [0.2, 0.25) is 0 Å². The third kappa shape index (κ3) is 12.7. The van der Waals surface area contributed by atoms with Crippen LogP contribution in [0.2, 0.25) is 0 Å². The monoisotopic (exact) mass is 1120 g/mol. The molecular formula is C76H92N4Zn-2. The summed E-state index contributed by atoms with van der Waals surface area (Å²) >= 11 is 0. The molecule has 5 heteroatoms. The number of hydrogen-bond acceptors (Lipinski definition) is 2. The van der Waals surface area contributed by atoms with Gasteiger partial charge in [-0.2, -0.15) is 0 Å². The Labute approximate surface area is 501 Å². The number of hydrogen-bond donors (Lipinski definition) is 0. The minimum Gasteiger partial charge on any atom is -0.657 e. The maximum Gasteiger partial charge on any atom is 0.0704 e. The topological polar surface area (TPSA) is 54.0 Å². The summed E-state index contributed by atoms with van der Waals surface area (Å²) in [6, 6.07) is 37.6. The van der Waals surface area contributed by atoms with E-state index in [9.17, 15) is 0 Å². The van der Waals surface area contributed by atoms with Gasteiger partial charge >= 0.3 is 0 Å². The van der Waals surface area contributed by atoms with Gasteiger partial charge in [-0.15, -0.1) is 22.1 Å². The second-order valence-electron chi connectivity index (χ2n) is 31.6. The first-order valence-corrected chi connectivity index (χ1v) is 29.4. The van der Waals surface area contributed by atoms with Crippen molar-refractivity contribution in [1.82, 2.24) is 19.9 Å². The second kappa shape index (κ2) is 20.8. The Morgan fingerprint density at radius 1 is 0.235 bits per heavy atom. The van der Waals surface area contributed by atoms with Gasteiger partial charge in [0.25, 0.3) is 0 Å². The number of benzene rings is 4. The molecule has 420 valence electrons. The summed E-state index contributed by atoms with van der Waals surface area (Å²) < 4.78 is 0. The smallest absolute Gasteiger partial charge is 0.0704 e. The molecule has 0 saturated heterocycles. The summed E-state index contributed by atoms with van der Waals surface area (Å²) in [4.78, 5) is 23.3. The number of nitrogens with zero attached hydrogens (tertiary/aromatic N) is 4. The summed E-state index contributed by atoms with van der Waals surface area (Å²) in [5, 5.41) is 0. The summed E-state index contributed by atoms with van der Waals surface area (Å²) in [6.45, 7) is 55.5. The summed E-state index contributed by atoms with van der Waals surface area (Å²) in [5.41, 5.74) is 24.7. The molecule has 4 nitrogen and oxygen atoms in total. The molecule has 8 bridgehead atoms. The molecule has 0 saturated carbocycles. The van der Waals surface area contributed by atoms with E-state index in [1.807, 2.05) is 0 Å². The average Bonchev–Trinajstić information content (AvgIpc) is 4.17. The molecule has 0 aliphatic carbocycles. The molecule has 0 atom stereocenters. The largest absolute Gasteiger partial charge is 0.657 e. The van der Waals surface area contributed by atoms with Crippen LogP contribution in [0.25, 0.3) is 90.9 Å². The Balaban J connectivity index is 0.00000860. The van der Waals surface area contributed by atoms with E-state index in [-0.39, 0.29) is 62.8 Å². The van der Waals surface area contributed by atoms with Crippen molar-refractivity contribution >= 4 is 46.4 Å². The number of rotatable bonds is 4. The van der Waals surface area contributed by atoms with Gasteiger partial charge in [-0.25, -0.2) is 9.97 Å².